The Hall–Kier alpha value is -0.560. The third-order valence-corrected chi connectivity index (χ3v) is 6.25. The fourth-order valence-corrected chi connectivity index (χ4v) is 4.33. The Morgan fingerprint density at radius 3 is 2.43 bits per heavy atom. The SMILES string of the molecule is CSCC(C)N(C)S(=O)(=O)c1ccccc1CNC(C)C. The van der Waals surface area contributed by atoms with Crippen molar-refractivity contribution in [2.24, 2.45) is 0 Å². The van der Waals surface area contributed by atoms with Gasteiger partial charge in [0.2, 0.25) is 10.0 Å². The zero-order valence-corrected chi connectivity index (χ0v) is 15.1. The predicted octanol–water partition coefficient (Wildman–Crippen LogP) is 2.56. The highest BCUT2D eigenvalue weighted by molar-refractivity contribution is 7.98. The van der Waals surface area contributed by atoms with E-state index >= 15 is 0 Å². The van der Waals surface area contributed by atoms with Crippen molar-refractivity contribution in [3.05, 3.63) is 29.8 Å². The van der Waals surface area contributed by atoms with Crippen LogP contribution >= 0.6 is 11.8 Å². The van der Waals surface area contributed by atoms with E-state index in [9.17, 15) is 8.42 Å². The lowest BCUT2D eigenvalue weighted by molar-refractivity contribution is 0.414. The Balaban J connectivity index is 3.07. The van der Waals surface area contributed by atoms with Crippen LogP contribution < -0.4 is 5.32 Å². The van der Waals surface area contributed by atoms with Crippen LogP contribution in [0.15, 0.2) is 29.2 Å². The van der Waals surface area contributed by atoms with Gasteiger partial charge < -0.3 is 5.32 Å². The molecule has 6 heteroatoms. The van der Waals surface area contributed by atoms with Crippen molar-refractivity contribution < 1.29 is 8.42 Å². The van der Waals surface area contributed by atoms with Crippen LogP contribution in [0.1, 0.15) is 26.3 Å². The minimum atomic E-state index is -3.46. The van der Waals surface area contributed by atoms with Crippen molar-refractivity contribution in [1.29, 1.82) is 0 Å². The van der Waals surface area contributed by atoms with Gasteiger partial charge in [-0.2, -0.15) is 16.1 Å². The summed E-state index contributed by atoms with van der Waals surface area (Å²) in [6.45, 7) is 6.58. The van der Waals surface area contributed by atoms with Crippen molar-refractivity contribution >= 4 is 21.8 Å². The Morgan fingerprint density at radius 1 is 1.24 bits per heavy atom. The van der Waals surface area contributed by atoms with E-state index in [-0.39, 0.29) is 6.04 Å². The van der Waals surface area contributed by atoms with Gasteiger partial charge in [-0.3, -0.25) is 0 Å². The second kappa shape index (κ2) is 8.17. The van der Waals surface area contributed by atoms with Gasteiger partial charge in [0, 0.05) is 31.4 Å². The minimum Gasteiger partial charge on any atom is -0.310 e. The lowest BCUT2D eigenvalue weighted by Crippen LogP contribution is -2.37. The molecule has 0 saturated carbocycles. The molecule has 0 aliphatic heterocycles. The van der Waals surface area contributed by atoms with E-state index in [1.807, 2.05) is 39.2 Å². The van der Waals surface area contributed by atoms with Crippen molar-refractivity contribution in [2.75, 3.05) is 19.1 Å². The van der Waals surface area contributed by atoms with Gasteiger partial charge >= 0.3 is 0 Å². The molecule has 1 unspecified atom stereocenters. The summed E-state index contributed by atoms with van der Waals surface area (Å²) in [5.74, 6) is 0.780. The molecule has 0 aromatic heterocycles. The summed E-state index contributed by atoms with van der Waals surface area (Å²) in [6, 6.07) is 7.50. The van der Waals surface area contributed by atoms with Crippen LogP contribution in [0, 0.1) is 0 Å². The zero-order chi connectivity index (χ0) is 16.0. The molecule has 0 bridgehead atoms. The van der Waals surface area contributed by atoms with Crippen molar-refractivity contribution in [2.45, 2.75) is 44.3 Å². The molecule has 4 nitrogen and oxygen atoms in total. The molecule has 1 aromatic carbocycles. The fourth-order valence-electron chi connectivity index (χ4n) is 1.95. The van der Waals surface area contributed by atoms with E-state index in [0.717, 1.165) is 11.3 Å². The molecular formula is C15H26N2O2S2. The Labute approximate surface area is 133 Å². The summed E-state index contributed by atoms with van der Waals surface area (Å²) in [5.41, 5.74) is 0.814. The van der Waals surface area contributed by atoms with Gasteiger partial charge in [-0.1, -0.05) is 32.0 Å². The van der Waals surface area contributed by atoms with Gasteiger partial charge in [0.1, 0.15) is 0 Å². The van der Waals surface area contributed by atoms with E-state index in [4.69, 9.17) is 0 Å². The van der Waals surface area contributed by atoms with E-state index in [1.54, 1.807) is 30.9 Å². The summed E-state index contributed by atoms with van der Waals surface area (Å²) in [6.07, 6.45) is 1.98. The van der Waals surface area contributed by atoms with Crippen LogP contribution in [-0.2, 0) is 16.6 Å². The van der Waals surface area contributed by atoms with E-state index in [0.29, 0.717) is 17.5 Å². The van der Waals surface area contributed by atoms with Gasteiger partial charge in [0.25, 0.3) is 0 Å². The smallest absolute Gasteiger partial charge is 0.243 e. The molecule has 0 radical (unpaired) electrons. The number of nitrogens with one attached hydrogen (secondary N) is 1. The number of sulfonamides is 1. The number of hydrogen-bond donors (Lipinski definition) is 1. The van der Waals surface area contributed by atoms with Gasteiger partial charge in [-0.15, -0.1) is 0 Å². The normalized spacial score (nSPS) is 13.9. The standard InChI is InChI=1S/C15H26N2O2S2/c1-12(2)16-10-14-8-6-7-9-15(14)21(18,19)17(4)13(3)11-20-5/h6-9,12-13,16H,10-11H2,1-5H3. The van der Waals surface area contributed by atoms with Crippen LogP contribution in [0.3, 0.4) is 0 Å². The summed E-state index contributed by atoms with van der Waals surface area (Å²) in [5, 5.41) is 3.28. The minimum absolute atomic E-state index is 0.0314. The second-order valence-electron chi connectivity index (χ2n) is 5.47. The quantitative estimate of drug-likeness (QED) is 0.796. The number of benzene rings is 1. The van der Waals surface area contributed by atoms with Crippen LogP contribution in [0.25, 0.3) is 0 Å². The maximum Gasteiger partial charge on any atom is 0.243 e. The summed E-state index contributed by atoms with van der Waals surface area (Å²) >= 11 is 1.65. The number of hydrogen-bond acceptors (Lipinski definition) is 4. The third kappa shape index (κ3) is 4.98. The average Bonchev–Trinajstić information content (AvgIpc) is 2.44. The maximum absolute atomic E-state index is 12.8. The predicted molar refractivity (Wildman–Crippen MR) is 91.2 cm³/mol. The molecule has 0 saturated heterocycles. The van der Waals surface area contributed by atoms with Crippen LogP contribution in [0.5, 0.6) is 0 Å². The highest BCUT2D eigenvalue weighted by Crippen LogP contribution is 2.21. The molecule has 0 heterocycles. The Morgan fingerprint density at radius 2 is 1.86 bits per heavy atom. The molecule has 0 spiro atoms. The molecule has 21 heavy (non-hydrogen) atoms. The van der Waals surface area contributed by atoms with Crippen molar-refractivity contribution in [3.63, 3.8) is 0 Å². The Kier molecular flexibility index (Phi) is 7.20. The molecule has 120 valence electrons. The first kappa shape index (κ1) is 18.5. The molecule has 1 atom stereocenters. The van der Waals surface area contributed by atoms with Gasteiger partial charge in [-0.25, -0.2) is 8.42 Å². The summed E-state index contributed by atoms with van der Waals surface area (Å²) < 4.78 is 27.1. The van der Waals surface area contributed by atoms with Crippen molar-refractivity contribution in [3.8, 4) is 0 Å². The lowest BCUT2D eigenvalue weighted by atomic mass is 10.2. The molecule has 1 N–H and O–H groups in total. The first-order chi connectivity index (χ1) is 9.80. The first-order valence-electron chi connectivity index (χ1n) is 7.09. The second-order valence-corrected chi connectivity index (χ2v) is 8.35. The van der Waals surface area contributed by atoms with E-state index in [2.05, 4.69) is 5.32 Å². The molecule has 1 rings (SSSR count). The van der Waals surface area contributed by atoms with Crippen LogP contribution in [0.4, 0.5) is 0 Å². The number of rotatable bonds is 8. The topological polar surface area (TPSA) is 49.4 Å². The highest BCUT2D eigenvalue weighted by atomic mass is 32.2. The number of thioether (sulfide) groups is 1. The maximum atomic E-state index is 12.8. The fraction of sp³-hybridized carbons (Fsp3) is 0.600. The van der Waals surface area contributed by atoms with Gasteiger partial charge in [0.15, 0.2) is 0 Å². The molecule has 0 amide bonds. The van der Waals surface area contributed by atoms with E-state index < -0.39 is 10.0 Å². The molecule has 0 fully saturated rings. The first-order valence-corrected chi connectivity index (χ1v) is 9.92. The highest BCUT2D eigenvalue weighted by Gasteiger charge is 2.27. The van der Waals surface area contributed by atoms with Crippen LogP contribution in [0.2, 0.25) is 0 Å². The van der Waals surface area contributed by atoms with Crippen LogP contribution in [-0.4, -0.2) is 43.9 Å². The zero-order valence-electron chi connectivity index (χ0n) is 13.5. The largest absolute Gasteiger partial charge is 0.310 e. The van der Waals surface area contributed by atoms with E-state index in [1.165, 1.54) is 4.31 Å². The van der Waals surface area contributed by atoms with Gasteiger partial charge in [0.05, 0.1) is 4.90 Å². The molecule has 0 aliphatic rings. The van der Waals surface area contributed by atoms with Gasteiger partial charge in [-0.05, 0) is 24.8 Å². The van der Waals surface area contributed by atoms with Crippen molar-refractivity contribution in [1.82, 2.24) is 9.62 Å². The average molecular weight is 331 g/mol. The lowest BCUT2D eigenvalue weighted by Gasteiger charge is -2.25. The summed E-state index contributed by atoms with van der Waals surface area (Å²) in [7, 11) is -1.80. The molecule has 1 aromatic rings. The summed E-state index contributed by atoms with van der Waals surface area (Å²) in [4.78, 5) is 0.397. The third-order valence-electron chi connectivity index (χ3n) is 3.36. The Bertz CT molecular complexity index is 544. The monoisotopic (exact) mass is 330 g/mol. The molecule has 0 aliphatic carbocycles. The molecular weight excluding hydrogens is 304 g/mol. The number of nitrogens with zero attached hydrogens (tertiary/aromatic N) is 1.